The largest absolute Gasteiger partial charge is 0.485 e. The lowest BCUT2D eigenvalue weighted by molar-refractivity contribution is 0.0692. The van der Waals surface area contributed by atoms with Gasteiger partial charge >= 0.3 is 5.97 Å². The van der Waals surface area contributed by atoms with Crippen molar-refractivity contribution in [2.45, 2.75) is 26.4 Å². The number of para-hydroxylation sites is 1. The lowest BCUT2D eigenvalue weighted by Gasteiger charge is -2.13. The van der Waals surface area contributed by atoms with E-state index in [9.17, 15) is 4.79 Å². The smallest absolute Gasteiger partial charge is 0.339 e. The average molecular weight is 260 g/mol. The third-order valence-electron chi connectivity index (χ3n) is 2.88. The van der Waals surface area contributed by atoms with E-state index in [0.717, 1.165) is 11.3 Å². The molecule has 2 aromatic rings. The monoisotopic (exact) mass is 260 g/mol. The predicted molar refractivity (Wildman–Crippen MR) is 70.5 cm³/mol. The van der Waals surface area contributed by atoms with E-state index in [1.807, 2.05) is 24.3 Å². The van der Waals surface area contributed by atoms with Gasteiger partial charge in [-0.3, -0.25) is 0 Å². The molecule has 0 aliphatic carbocycles. The lowest BCUT2D eigenvalue weighted by Crippen LogP contribution is -2.04. The third-order valence-corrected chi connectivity index (χ3v) is 2.88. The third kappa shape index (κ3) is 2.96. The van der Waals surface area contributed by atoms with Crippen LogP contribution in [0.5, 0.6) is 5.75 Å². The fraction of sp³-hybridized carbons (Fsp3) is 0.267. The molecule has 0 saturated heterocycles. The molecule has 1 aromatic carbocycles. The summed E-state index contributed by atoms with van der Waals surface area (Å²) < 4.78 is 10.8. The molecule has 0 amide bonds. The Morgan fingerprint density at radius 2 is 2.05 bits per heavy atom. The highest BCUT2D eigenvalue weighted by atomic mass is 16.5. The van der Waals surface area contributed by atoms with Gasteiger partial charge in [0.2, 0.25) is 0 Å². The quantitative estimate of drug-likeness (QED) is 0.890. The number of benzene rings is 1. The lowest BCUT2D eigenvalue weighted by atomic mass is 10.0. The van der Waals surface area contributed by atoms with Crippen molar-refractivity contribution >= 4 is 5.97 Å². The standard InChI is InChI=1S/C15H16O4/c1-10(2)11-5-3-4-6-13(11)19-9-14-12(15(16)17)7-8-18-14/h3-8,10H,9H2,1-2H3,(H,16,17). The van der Waals surface area contributed by atoms with Crippen molar-refractivity contribution in [1.29, 1.82) is 0 Å². The first kappa shape index (κ1) is 13.2. The topological polar surface area (TPSA) is 59.7 Å². The molecule has 0 radical (unpaired) electrons. The van der Waals surface area contributed by atoms with Gasteiger partial charge in [-0.1, -0.05) is 32.0 Å². The van der Waals surface area contributed by atoms with Crippen LogP contribution in [0.4, 0.5) is 0 Å². The molecule has 0 spiro atoms. The Bertz CT molecular complexity index is 569. The Morgan fingerprint density at radius 1 is 1.32 bits per heavy atom. The molecular formula is C15H16O4. The van der Waals surface area contributed by atoms with Crippen molar-refractivity contribution in [1.82, 2.24) is 0 Å². The van der Waals surface area contributed by atoms with E-state index in [1.54, 1.807) is 0 Å². The number of hydrogen-bond donors (Lipinski definition) is 1. The molecule has 1 aromatic heterocycles. The van der Waals surface area contributed by atoms with E-state index in [0.29, 0.717) is 11.7 Å². The number of carboxylic acid groups (broad SMARTS) is 1. The Morgan fingerprint density at radius 3 is 2.74 bits per heavy atom. The van der Waals surface area contributed by atoms with Crippen LogP contribution in [0.2, 0.25) is 0 Å². The molecule has 2 rings (SSSR count). The number of rotatable bonds is 5. The normalized spacial score (nSPS) is 10.7. The maximum absolute atomic E-state index is 11.0. The second-order valence-corrected chi connectivity index (χ2v) is 4.54. The molecule has 4 nitrogen and oxygen atoms in total. The van der Waals surface area contributed by atoms with Gasteiger partial charge in [-0.05, 0) is 23.6 Å². The minimum Gasteiger partial charge on any atom is -0.485 e. The molecule has 0 aliphatic heterocycles. The highest BCUT2D eigenvalue weighted by Gasteiger charge is 2.14. The van der Waals surface area contributed by atoms with Crippen LogP contribution in [0.15, 0.2) is 41.0 Å². The molecule has 19 heavy (non-hydrogen) atoms. The molecule has 0 aliphatic rings. The van der Waals surface area contributed by atoms with E-state index in [-0.39, 0.29) is 12.2 Å². The molecule has 0 bridgehead atoms. The summed E-state index contributed by atoms with van der Waals surface area (Å²) in [6, 6.07) is 9.15. The molecule has 0 fully saturated rings. The Labute approximate surface area is 111 Å². The van der Waals surface area contributed by atoms with Gasteiger partial charge in [0.15, 0.2) is 5.76 Å². The van der Waals surface area contributed by atoms with E-state index in [4.69, 9.17) is 14.3 Å². The van der Waals surface area contributed by atoms with Gasteiger partial charge in [0.1, 0.15) is 17.9 Å². The summed E-state index contributed by atoms with van der Waals surface area (Å²) in [5.74, 6) is 0.410. The van der Waals surface area contributed by atoms with Gasteiger partial charge < -0.3 is 14.3 Å². The highest BCUT2D eigenvalue weighted by molar-refractivity contribution is 5.88. The number of ether oxygens (including phenoxy) is 1. The van der Waals surface area contributed by atoms with Gasteiger partial charge in [-0.2, -0.15) is 0 Å². The van der Waals surface area contributed by atoms with Crippen LogP contribution in [0.1, 0.15) is 41.4 Å². The highest BCUT2D eigenvalue weighted by Crippen LogP contribution is 2.27. The van der Waals surface area contributed by atoms with Crippen LogP contribution in [0.3, 0.4) is 0 Å². The Hall–Kier alpha value is -2.23. The Balaban J connectivity index is 2.15. The SMILES string of the molecule is CC(C)c1ccccc1OCc1occc1C(=O)O. The molecule has 100 valence electrons. The summed E-state index contributed by atoms with van der Waals surface area (Å²) in [5, 5.41) is 8.98. The van der Waals surface area contributed by atoms with Gasteiger partial charge in [0, 0.05) is 0 Å². The minimum atomic E-state index is -1.01. The number of carbonyl (C=O) groups is 1. The van der Waals surface area contributed by atoms with Crippen molar-refractivity contribution in [2.24, 2.45) is 0 Å². The zero-order chi connectivity index (χ0) is 13.8. The number of hydrogen-bond acceptors (Lipinski definition) is 3. The van der Waals surface area contributed by atoms with Gasteiger partial charge in [0.05, 0.1) is 6.26 Å². The molecule has 0 unspecified atom stereocenters. The first-order chi connectivity index (χ1) is 9.09. The zero-order valence-electron chi connectivity index (χ0n) is 10.9. The van der Waals surface area contributed by atoms with Crippen LogP contribution >= 0.6 is 0 Å². The summed E-state index contributed by atoms with van der Waals surface area (Å²) in [6.07, 6.45) is 1.36. The number of furan rings is 1. The summed E-state index contributed by atoms with van der Waals surface area (Å²) in [6.45, 7) is 4.27. The van der Waals surface area contributed by atoms with Crippen LogP contribution in [-0.2, 0) is 6.61 Å². The first-order valence-corrected chi connectivity index (χ1v) is 6.11. The average Bonchev–Trinajstić information content (AvgIpc) is 2.85. The van der Waals surface area contributed by atoms with Crippen LogP contribution in [-0.4, -0.2) is 11.1 Å². The van der Waals surface area contributed by atoms with Crippen molar-refractivity contribution < 1.29 is 19.1 Å². The van der Waals surface area contributed by atoms with E-state index < -0.39 is 5.97 Å². The minimum absolute atomic E-state index is 0.109. The second kappa shape index (κ2) is 5.61. The second-order valence-electron chi connectivity index (χ2n) is 4.54. The maximum Gasteiger partial charge on any atom is 0.339 e. The summed E-state index contributed by atoms with van der Waals surface area (Å²) in [4.78, 5) is 11.0. The fourth-order valence-corrected chi connectivity index (χ4v) is 1.88. The van der Waals surface area contributed by atoms with Crippen molar-refractivity contribution in [2.75, 3.05) is 0 Å². The van der Waals surface area contributed by atoms with Gasteiger partial charge in [-0.15, -0.1) is 0 Å². The molecule has 4 heteroatoms. The molecule has 1 N–H and O–H groups in total. The predicted octanol–water partition coefficient (Wildman–Crippen LogP) is 3.68. The van der Waals surface area contributed by atoms with E-state index in [1.165, 1.54) is 12.3 Å². The van der Waals surface area contributed by atoms with E-state index in [2.05, 4.69) is 13.8 Å². The number of carboxylic acids is 1. The fourth-order valence-electron chi connectivity index (χ4n) is 1.88. The van der Waals surface area contributed by atoms with Crippen molar-refractivity contribution in [3.63, 3.8) is 0 Å². The van der Waals surface area contributed by atoms with Gasteiger partial charge in [0.25, 0.3) is 0 Å². The van der Waals surface area contributed by atoms with Crippen LogP contribution in [0, 0.1) is 0 Å². The number of aromatic carboxylic acids is 1. The first-order valence-electron chi connectivity index (χ1n) is 6.11. The molecule has 0 saturated carbocycles. The molecule has 0 atom stereocenters. The van der Waals surface area contributed by atoms with Gasteiger partial charge in [-0.25, -0.2) is 4.79 Å². The summed E-state index contributed by atoms with van der Waals surface area (Å²) >= 11 is 0. The van der Waals surface area contributed by atoms with Crippen LogP contribution in [0.25, 0.3) is 0 Å². The zero-order valence-corrected chi connectivity index (χ0v) is 10.9. The van der Waals surface area contributed by atoms with Crippen LogP contribution < -0.4 is 4.74 Å². The maximum atomic E-state index is 11.0. The Kier molecular flexibility index (Phi) is 3.90. The van der Waals surface area contributed by atoms with Crippen molar-refractivity contribution in [3.05, 3.63) is 53.5 Å². The van der Waals surface area contributed by atoms with E-state index >= 15 is 0 Å². The summed E-state index contributed by atoms with van der Waals surface area (Å²) in [5.41, 5.74) is 1.23. The van der Waals surface area contributed by atoms with Crippen molar-refractivity contribution in [3.8, 4) is 5.75 Å². The molecular weight excluding hydrogens is 244 g/mol. The molecule has 1 heterocycles. The summed E-state index contributed by atoms with van der Waals surface area (Å²) in [7, 11) is 0.